The number of piperidine rings is 1. The van der Waals surface area contributed by atoms with E-state index in [1.54, 1.807) is 0 Å². The molecule has 1 aliphatic heterocycles. The van der Waals surface area contributed by atoms with Crippen molar-refractivity contribution in [2.24, 2.45) is 5.16 Å². The van der Waals surface area contributed by atoms with Crippen molar-refractivity contribution in [1.82, 2.24) is 4.90 Å². The quantitative estimate of drug-likeness (QED) is 0.662. The van der Waals surface area contributed by atoms with Gasteiger partial charge in [-0.3, -0.25) is 4.90 Å². The monoisotopic (exact) mass is 272 g/mol. The lowest BCUT2D eigenvalue weighted by Crippen LogP contribution is -2.33. The molecule has 1 fully saturated rings. The van der Waals surface area contributed by atoms with Gasteiger partial charge in [-0.05, 0) is 12.1 Å². The van der Waals surface area contributed by atoms with Crippen LogP contribution >= 0.6 is 23.2 Å². The molecule has 1 aliphatic rings. The van der Waals surface area contributed by atoms with Crippen LogP contribution in [0.25, 0.3) is 0 Å². The normalized spacial score (nSPS) is 17.2. The van der Waals surface area contributed by atoms with E-state index < -0.39 is 0 Å². The summed E-state index contributed by atoms with van der Waals surface area (Å²) in [5, 5.41) is 13.4. The number of halogens is 2. The number of nitrogens with zero attached hydrogens (tertiary/aromatic N) is 2. The van der Waals surface area contributed by atoms with Gasteiger partial charge in [0.2, 0.25) is 0 Å². The van der Waals surface area contributed by atoms with Crippen LogP contribution in [0.5, 0.6) is 0 Å². The molecule has 3 nitrogen and oxygen atoms in total. The molecule has 1 aromatic carbocycles. The summed E-state index contributed by atoms with van der Waals surface area (Å²) in [4.78, 5) is 2.27. The van der Waals surface area contributed by atoms with Crippen molar-refractivity contribution in [1.29, 1.82) is 0 Å². The van der Waals surface area contributed by atoms with E-state index in [1.807, 2.05) is 18.2 Å². The number of hydrogen-bond donors (Lipinski definition) is 1. The number of likely N-dealkylation sites (tertiary alicyclic amines) is 1. The molecular weight excluding hydrogens is 259 g/mol. The second kappa shape index (κ2) is 5.71. The first-order valence-corrected chi connectivity index (χ1v) is 6.31. The van der Waals surface area contributed by atoms with Crippen LogP contribution in [0.3, 0.4) is 0 Å². The van der Waals surface area contributed by atoms with Crippen molar-refractivity contribution < 1.29 is 5.21 Å². The van der Waals surface area contributed by atoms with Crippen molar-refractivity contribution in [3.8, 4) is 0 Å². The Morgan fingerprint density at radius 3 is 2.29 bits per heavy atom. The molecule has 17 heavy (non-hydrogen) atoms. The van der Waals surface area contributed by atoms with Gasteiger partial charge in [0.15, 0.2) is 0 Å². The van der Waals surface area contributed by atoms with Crippen LogP contribution in [0.4, 0.5) is 0 Å². The first-order chi connectivity index (χ1) is 8.20. The van der Waals surface area contributed by atoms with Crippen molar-refractivity contribution in [2.45, 2.75) is 19.4 Å². The second-order valence-corrected chi connectivity index (χ2v) is 4.96. The molecule has 0 radical (unpaired) electrons. The highest BCUT2D eigenvalue weighted by Crippen LogP contribution is 2.26. The van der Waals surface area contributed by atoms with Crippen LogP contribution in [0.1, 0.15) is 18.4 Å². The Hall–Kier alpha value is -0.770. The van der Waals surface area contributed by atoms with E-state index in [2.05, 4.69) is 10.1 Å². The number of rotatable bonds is 2. The summed E-state index contributed by atoms with van der Waals surface area (Å²) in [7, 11) is 0. The topological polar surface area (TPSA) is 35.8 Å². The molecule has 1 aromatic rings. The maximum absolute atomic E-state index is 8.68. The fourth-order valence-corrected chi connectivity index (χ4v) is 2.49. The summed E-state index contributed by atoms with van der Waals surface area (Å²) >= 11 is 12.3. The smallest absolute Gasteiger partial charge is 0.0596 e. The van der Waals surface area contributed by atoms with E-state index in [0.717, 1.165) is 43.8 Å². The Bertz CT molecular complexity index is 404. The molecule has 0 amide bonds. The van der Waals surface area contributed by atoms with Crippen LogP contribution in [-0.2, 0) is 6.54 Å². The third kappa shape index (κ3) is 3.12. The predicted octanol–water partition coefficient (Wildman–Crippen LogP) is 3.42. The van der Waals surface area contributed by atoms with Crippen molar-refractivity contribution >= 4 is 28.9 Å². The molecule has 92 valence electrons. The van der Waals surface area contributed by atoms with Gasteiger partial charge in [0.25, 0.3) is 0 Å². The number of oxime groups is 1. The SMILES string of the molecule is ON=C1CCN(Cc2c(Cl)cccc2Cl)CC1. The maximum atomic E-state index is 8.68. The molecule has 2 rings (SSSR count). The highest BCUT2D eigenvalue weighted by Gasteiger charge is 2.17. The van der Waals surface area contributed by atoms with E-state index >= 15 is 0 Å². The maximum Gasteiger partial charge on any atom is 0.0596 e. The number of benzene rings is 1. The fourth-order valence-electron chi connectivity index (χ4n) is 1.98. The third-order valence-corrected chi connectivity index (χ3v) is 3.73. The lowest BCUT2D eigenvalue weighted by molar-refractivity contribution is 0.256. The van der Waals surface area contributed by atoms with Crippen LogP contribution in [0.15, 0.2) is 23.4 Å². The zero-order valence-electron chi connectivity index (χ0n) is 9.37. The summed E-state index contributed by atoms with van der Waals surface area (Å²) in [5.74, 6) is 0. The standard InChI is InChI=1S/C12H14Cl2N2O/c13-11-2-1-3-12(14)10(11)8-16-6-4-9(15-17)5-7-16/h1-3,17H,4-8H2. The third-order valence-electron chi connectivity index (χ3n) is 3.02. The first kappa shape index (κ1) is 12.7. The highest BCUT2D eigenvalue weighted by atomic mass is 35.5. The van der Waals surface area contributed by atoms with Gasteiger partial charge >= 0.3 is 0 Å². The summed E-state index contributed by atoms with van der Waals surface area (Å²) in [6.45, 7) is 2.50. The van der Waals surface area contributed by atoms with Crippen molar-refractivity contribution in [3.63, 3.8) is 0 Å². The molecule has 0 aromatic heterocycles. The van der Waals surface area contributed by atoms with Gasteiger partial charge in [0.1, 0.15) is 0 Å². The predicted molar refractivity (Wildman–Crippen MR) is 70.2 cm³/mol. The molecule has 0 unspecified atom stereocenters. The van der Waals surface area contributed by atoms with E-state index in [-0.39, 0.29) is 0 Å². The van der Waals surface area contributed by atoms with Gasteiger partial charge in [-0.25, -0.2) is 0 Å². The van der Waals surface area contributed by atoms with E-state index in [1.165, 1.54) is 0 Å². The lowest BCUT2D eigenvalue weighted by atomic mass is 10.1. The van der Waals surface area contributed by atoms with E-state index in [0.29, 0.717) is 10.0 Å². The van der Waals surface area contributed by atoms with Gasteiger partial charge in [-0.15, -0.1) is 0 Å². The fraction of sp³-hybridized carbons (Fsp3) is 0.417. The molecule has 0 saturated carbocycles. The summed E-state index contributed by atoms with van der Waals surface area (Å²) in [6.07, 6.45) is 1.61. The zero-order valence-corrected chi connectivity index (χ0v) is 10.9. The largest absolute Gasteiger partial charge is 0.411 e. The molecule has 0 spiro atoms. The molecular formula is C12H14Cl2N2O. The van der Waals surface area contributed by atoms with Crippen LogP contribution in [0.2, 0.25) is 10.0 Å². The van der Waals surface area contributed by atoms with Crippen LogP contribution in [-0.4, -0.2) is 28.9 Å². The molecule has 5 heteroatoms. The Labute approximate surface area is 111 Å². The lowest BCUT2D eigenvalue weighted by Gasteiger charge is -2.27. The Morgan fingerprint density at radius 1 is 1.18 bits per heavy atom. The van der Waals surface area contributed by atoms with Gasteiger partial charge in [-0.1, -0.05) is 34.4 Å². The van der Waals surface area contributed by atoms with Gasteiger partial charge < -0.3 is 5.21 Å². The molecule has 0 aliphatic carbocycles. The van der Waals surface area contributed by atoms with E-state index in [9.17, 15) is 0 Å². The molecule has 1 heterocycles. The summed E-state index contributed by atoms with van der Waals surface area (Å²) in [6, 6.07) is 5.56. The minimum atomic E-state index is 0.708. The average Bonchev–Trinajstić information content (AvgIpc) is 2.35. The van der Waals surface area contributed by atoms with Crippen molar-refractivity contribution in [3.05, 3.63) is 33.8 Å². The Morgan fingerprint density at radius 2 is 1.76 bits per heavy atom. The highest BCUT2D eigenvalue weighted by molar-refractivity contribution is 6.35. The second-order valence-electron chi connectivity index (χ2n) is 4.14. The molecule has 1 N–H and O–H groups in total. The van der Waals surface area contributed by atoms with Crippen LogP contribution < -0.4 is 0 Å². The van der Waals surface area contributed by atoms with Gasteiger partial charge in [0, 0.05) is 48.1 Å². The minimum absolute atomic E-state index is 0.708. The van der Waals surface area contributed by atoms with Crippen LogP contribution in [0, 0.1) is 0 Å². The Balaban J connectivity index is 2.02. The number of hydrogen-bond acceptors (Lipinski definition) is 3. The minimum Gasteiger partial charge on any atom is -0.411 e. The molecule has 0 bridgehead atoms. The van der Waals surface area contributed by atoms with E-state index in [4.69, 9.17) is 28.4 Å². The Kier molecular flexibility index (Phi) is 4.26. The summed E-state index contributed by atoms with van der Waals surface area (Å²) < 4.78 is 0. The molecule has 1 saturated heterocycles. The average molecular weight is 273 g/mol. The summed E-state index contributed by atoms with van der Waals surface area (Å²) in [5.41, 5.74) is 1.84. The van der Waals surface area contributed by atoms with Gasteiger partial charge in [-0.2, -0.15) is 0 Å². The molecule has 0 atom stereocenters. The first-order valence-electron chi connectivity index (χ1n) is 5.55. The zero-order chi connectivity index (χ0) is 12.3. The van der Waals surface area contributed by atoms with Gasteiger partial charge in [0.05, 0.1) is 5.71 Å². The van der Waals surface area contributed by atoms with Crippen molar-refractivity contribution in [2.75, 3.05) is 13.1 Å².